The number of aliphatic imine (C=N–C) groups is 1. The zero-order chi connectivity index (χ0) is 7.40. The molecule has 4 heteroatoms. The van der Waals surface area contributed by atoms with Gasteiger partial charge in [0.15, 0.2) is 5.17 Å². The second-order valence-corrected chi connectivity index (χ2v) is 3.72. The van der Waals surface area contributed by atoms with Crippen LogP contribution in [-0.2, 0) is 0 Å². The summed E-state index contributed by atoms with van der Waals surface area (Å²) in [6.07, 6.45) is 0. The molecule has 1 aliphatic heterocycles. The Morgan fingerprint density at radius 1 is 1.90 bits per heavy atom. The molecule has 0 amide bonds. The van der Waals surface area contributed by atoms with Gasteiger partial charge in [0.1, 0.15) is 0 Å². The fourth-order valence-electron chi connectivity index (χ4n) is 0.753. The van der Waals surface area contributed by atoms with Gasteiger partial charge >= 0.3 is 0 Å². The standard InChI is InChI=1S/C6H13N3S/c1-5-4-9-6(10-5)8-3-2-7/h5H,2-4,7H2,1H3,(H,8,9). The smallest absolute Gasteiger partial charge is 0.156 e. The molecule has 1 aliphatic rings. The topological polar surface area (TPSA) is 50.4 Å². The Morgan fingerprint density at radius 2 is 2.70 bits per heavy atom. The fraction of sp³-hybridized carbons (Fsp3) is 0.833. The van der Waals surface area contributed by atoms with Gasteiger partial charge in [-0.15, -0.1) is 0 Å². The van der Waals surface area contributed by atoms with Crippen molar-refractivity contribution >= 4 is 16.9 Å². The molecule has 0 saturated carbocycles. The third kappa shape index (κ3) is 2.19. The van der Waals surface area contributed by atoms with Gasteiger partial charge in [-0.3, -0.25) is 4.99 Å². The highest BCUT2D eigenvalue weighted by Crippen LogP contribution is 2.17. The zero-order valence-corrected chi connectivity index (χ0v) is 6.95. The molecule has 0 fully saturated rings. The maximum absolute atomic E-state index is 5.31. The van der Waals surface area contributed by atoms with Crippen LogP contribution in [0.1, 0.15) is 6.92 Å². The molecule has 3 nitrogen and oxygen atoms in total. The van der Waals surface area contributed by atoms with Gasteiger partial charge in [-0.2, -0.15) is 0 Å². The van der Waals surface area contributed by atoms with Crippen LogP contribution in [0.2, 0.25) is 0 Å². The number of amidine groups is 1. The van der Waals surface area contributed by atoms with Gasteiger partial charge in [-0.25, -0.2) is 0 Å². The van der Waals surface area contributed by atoms with Crippen molar-refractivity contribution in [2.75, 3.05) is 19.6 Å². The van der Waals surface area contributed by atoms with E-state index in [0.717, 1.165) is 18.3 Å². The van der Waals surface area contributed by atoms with E-state index in [2.05, 4.69) is 17.2 Å². The van der Waals surface area contributed by atoms with Gasteiger partial charge < -0.3 is 11.1 Å². The molecule has 0 aromatic rings. The first-order valence-corrected chi connectivity index (χ1v) is 4.36. The van der Waals surface area contributed by atoms with Crippen molar-refractivity contribution in [1.82, 2.24) is 5.32 Å². The second-order valence-electron chi connectivity index (χ2n) is 2.29. The van der Waals surface area contributed by atoms with Crippen molar-refractivity contribution in [2.24, 2.45) is 10.7 Å². The number of thioether (sulfide) groups is 1. The molecule has 0 aromatic carbocycles. The van der Waals surface area contributed by atoms with Crippen LogP contribution in [0.5, 0.6) is 0 Å². The zero-order valence-electron chi connectivity index (χ0n) is 6.13. The molecule has 10 heavy (non-hydrogen) atoms. The minimum Gasteiger partial charge on any atom is -0.364 e. The van der Waals surface area contributed by atoms with E-state index in [-0.39, 0.29) is 0 Å². The number of hydrogen-bond donors (Lipinski definition) is 2. The maximum atomic E-state index is 5.31. The van der Waals surface area contributed by atoms with Crippen molar-refractivity contribution in [3.8, 4) is 0 Å². The summed E-state index contributed by atoms with van der Waals surface area (Å²) in [5.74, 6) is 0. The third-order valence-electron chi connectivity index (χ3n) is 1.23. The van der Waals surface area contributed by atoms with Gasteiger partial charge in [0.05, 0.1) is 6.54 Å². The van der Waals surface area contributed by atoms with E-state index < -0.39 is 0 Å². The summed E-state index contributed by atoms with van der Waals surface area (Å²) in [7, 11) is 0. The van der Waals surface area contributed by atoms with Gasteiger partial charge in [0.2, 0.25) is 0 Å². The summed E-state index contributed by atoms with van der Waals surface area (Å²) in [5, 5.41) is 4.84. The van der Waals surface area contributed by atoms with Crippen LogP contribution in [0.4, 0.5) is 0 Å². The van der Waals surface area contributed by atoms with E-state index in [9.17, 15) is 0 Å². The summed E-state index contributed by atoms with van der Waals surface area (Å²) >= 11 is 1.79. The highest BCUT2D eigenvalue weighted by molar-refractivity contribution is 8.14. The van der Waals surface area contributed by atoms with Gasteiger partial charge in [-0.1, -0.05) is 18.7 Å². The summed E-state index contributed by atoms with van der Waals surface area (Å²) < 4.78 is 0. The summed E-state index contributed by atoms with van der Waals surface area (Å²) in [4.78, 5) is 4.27. The van der Waals surface area contributed by atoms with Gasteiger partial charge in [0.25, 0.3) is 0 Å². The van der Waals surface area contributed by atoms with Crippen LogP contribution >= 0.6 is 11.8 Å². The van der Waals surface area contributed by atoms with E-state index in [1.165, 1.54) is 0 Å². The summed E-state index contributed by atoms with van der Waals surface area (Å²) in [6.45, 7) is 4.62. The number of nitrogens with two attached hydrogens (primary N) is 1. The average molecular weight is 159 g/mol. The lowest BCUT2D eigenvalue weighted by Gasteiger charge is -2.02. The van der Waals surface area contributed by atoms with Crippen LogP contribution in [0.15, 0.2) is 4.99 Å². The lowest BCUT2D eigenvalue weighted by molar-refractivity contribution is 0.879. The number of rotatable bonds is 2. The average Bonchev–Trinajstić information content (AvgIpc) is 2.31. The molecule has 58 valence electrons. The molecule has 1 unspecified atom stereocenters. The van der Waals surface area contributed by atoms with E-state index in [0.29, 0.717) is 11.8 Å². The Hall–Kier alpha value is -0.220. The normalized spacial score (nSPS) is 24.6. The molecule has 0 radical (unpaired) electrons. The van der Waals surface area contributed by atoms with Crippen molar-refractivity contribution < 1.29 is 0 Å². The van der Waals surface area contributed by atoms with E-state index >= 15 is 0 Å². The van der Waals surface area contributed by atoms with Crippen molar-refractivity contribution in [3.05, 3.63) is 0 Å². The lowest BCUT2D eigenvalue weighted by Crippen LogP contribution is -2.26. The Labute approximate surface area is 65.5 Å². The third-order valence-corrected chi connectivity index (χ3v) is 2.27. The van der Waals surface area contributed by atoms with E-state index in [4.69, 9.17) is 5.73 Å². The van der Waals surface area contributed by atoms with Gasteiger partial charge in [0, 0.05) is 18.3 Å². The predicted molar refractivity (Wildman–Crippen MR) is 46.4 cm³/mol. The molecule has 0 spiro atoms. The first-order valence-electron chi connectivity index (χ1n) is 3.48. The Bertz CT molecular complexity index is 135. The first-order chi connectivity index (χ1) is 4.83. The molecular formula is C6H13N3S. The fourth-order valence-corrected chi connectivity index (χ4v) is 1.62. The van der Waals surface area contributed by atoms with Crippen molar-refractivity contribution in [1.29, 1.82) is 0 Å². The summed E-state index contributed by atoms with van der Waals surface area (Å²) in [5.41, 5.74) is 5.31. The second kappa shape index (κ2) is 3.83. The summed E-state index contributed by atoms with van der Waals surface area (Å²) in [6, 6.07) is 0. The quantitative estimate of drug-likeness (QED) is 0.597. The number of hydrogen-bond acceptors (Lipinski definition) is 4. The number of nitrogens with one attached hydrogen (secondary N) is 1. The van der Waals surface area contributed by atoms with E-state index in [1.54, 1.807) is 11.8 Å². The highest BCUT2D eigenvalue weighted by atomic mass is 32.2. The Morgan fingerprint density at radius 3 is 3.20 bits per heavy atom. The minimum atomic E-state index is 0.639. The van der Waals surface area contributed by atoms with E-state index in [1.807, 2.05) is 0 Å². The van der Waals surface area contributed by atoms with Gasteiger partial charge in [-0.05, 0) is 0 Å². The minimum absolute atomic E-state index is 0.639. The number of nitrogens with zero attached hydrogens (tertiary/aromatic N) is 1. The van der Waals surface area contributed by atoms with Crippen LogP contribution in [0, 0.1) is 0 Å². The van der Waals surface area contributed by atoms with Crippen molar-refractivity contribution in [2.45, 2.75) is 12.2 Å². The van der Waals surface area contributed by atoms with Crippen LogP contribution in [-0.4, -0.2) is 30.1 Å². The Balaban J connectivity index is 2.17. The highest BCUT2D eigenvalue weighted by Gasteiger charge is 2.13. The monoisotopic (exact) mass is 159 g/mol. The first kappa shape index (κ1) is 7.88. The molecule has 0 bridgehead atoms. The Kier molecular flexibility index (Phi) is 3.02. The SMILES string of the molecule is CC1CN=C(NCCN)S1. The lowest BCUT2D eigenvalue weighted by atomic mass is 10.5. The molecule has 0 aromatic heterocycles. The predicted octanol–water partition coefficient (Wildman–Crippen LogP) is 0.0260. The van der Waals surface area contributed by atoms with Crippen molar-refractivity contribution in [3.63, 3.8) is 0 Å². The maximum Gasteiger partial charge on any atom is 0.156 e. The largest absolute Gasteiger partial charge is 0.364 e. The molecule has 1 heterocycles. The molecular weight excluding hydrogens is 146 g/mol. The molecule has 3 N–H and O–H groups in total. The molecule has 0 aliphatic carbocycles. The molecule has 1 rings (SSSR count). The van der Waals surface area contributed by atoms with Crippen LogP contribution in [0.25, 0.3) is 0 Å². The van der Waals surface area contributed by atoms with Crippen LogP contribution in [0.3, 0.4) is 0 Å². The van der Waals surface area contributed by atoms with Crippen LogP contribution < -0.4 is 11.1 Å². The molecule has 0 saturated heterocycles. The molecule has 1 atom stereocenters.